The summed E-state index contributed by atoms with van der Waals surface area (Å²) in [4.78, 5) is 30.4. The van der Waals surface area contributed by atoms with E-state index in [1.54, 1.807) is 22.5 Å². The van der Waals surface area contributed by atoms with Crippen LogP contribution < -0.4 is 0 Å². The van der Waals surface area contributed by atoms with Crippen molar-refractivity contribution >= 4 is 23.2 Å². The van der Waals surface area contributed by atoms with E-state index in [1.165, 1.54) is 0 Å². The van der Waals surface area contributed by atoms with Gasteiger partial charge < -0.3 is 19.0 Å². The molecule has 2 aliphatic heterocycles. The molecule has 6 nitrogen and oxygen atoms in total. The van der Waals surface area contributed by atoms with Crippen LogP contribution in [0.5, 0.6) is 0 Å². The predicted octanol–water partition coefficient (Wildman–Crippen LogP) is 2.90. The Kier molecular flexibility index (Phi) is 5.59. The third-order valence-corrected chi connectivity index (χ3v) is 6.04. The molecule has 0 aromatic carbocycles. The van der Waals surface area contributed by atoms with E-state index in [4.69, 9.17) is 9.15 Å². The average Bonchev–Trinajstić information content (AvgIpc) is 3.44. The van der Waals surface area contributed by atoms with Crippen LogP contribution in [0.1, 0.15) is 29.9 Å². The van der Waals surface area contributed by atoms with Gasteiger partial charge in [-0.25, -0.2) is 0 Å². The zero-order chi connectivity index (χ0) is 18.6. The molecular weight excluding hydrogens is 364 g/mol. The largest absolute Gasteiger partial charge is 0.467 e. The predicted molar refractivity (Wildman–Crippen MR) is 101 cm³/mol. The van der Waals surface area contributed by atoms with Crippen molar-refractivity contribution in [2.45, 2.75) is 38.5 Å². The van der Waals surface area contributed by atoms with Crippen LogP contribution in [-0.4, -0.2) is 47.4 Å². The molecule has 2 atom stereocenters. The van der Waals surface area contributed by atoms with E-state index in [0.29, 0.717) is 26.2 Å². The molecule has 0 bridgehead atoms. The van der Waals surface area contributed by atoms with Crippen molar-refractivity contribution in [2.75, 3.05) is 19.7 Å². The van der Waals surface area contributed by atoms with Crippen molar-refractivity contribution in [2.24, 2.45) is 5.92 Å². The van der Waals surface area contributed by atoms with E-state index in [9.17, 15) is 9.59 Å². The SMILES string of the molecule is O=C1CC(C(=O)N(Cc2cccs2)CC2CCCO2)CN1Cc1ccco1. The molecule has 0 radical (unpaired) electrons. The maximum absolute atomic E-state index is 13.2. The highest BCUT2D eigenvalue weighted by Crippen LogP contribution is 2.25. The van der Waals surface area contributed by atoms with Crippen molar-refractivity contribution in [1.82, 2.24) is 9.80 Å². The summed E-state index contributed by atoms with van der Waals surface area (Å²) >= 11 is 1.65. The molecule has 27 heavy (non-hydrogen) atoms. The lowest BCUT2D eigenvalue weighted by molar-refractivity contribution is -0.138. The molecular formula is C20H24N2O4S. The first-order valence-corrected chi connectivity index (χ1v) is 10.3. The lowest BCUT2D eigenvalue weighted by atomic mass is 10.1. The summed E-state index contributed by atoms with van der Waals surface area (Å²) in [5.74, 6) is 0.507. The van der Waals surface area contributed by atoms with E-state index < -0.39 is 0 Å². The van der Waals surface area contributed by atoms with Gasteiger partial charge in [0.2, 0.25) is 11.8 Å². The van der Waals surface area contributed by atoms with Crippen LogP contribution in [0.25, 0.3) is 0 Å². The van der Waals surface area contributed by atoms with Crippen LogP contribution >= 0.6 is 11.3 Å². The van der Waals surface area contributed by atoms with E-state index in [0.717, 1.165) is 30.1 Å². The number of carbonyl (C=O) groups is 2. The van der Waals surface area contributed by atoms with Crippen molar-refractivity contribution in [3.63, 3.8) is 0 Å². The van der Waals surface area contributed by atoms with Gasteiger partial charge in [0, 0.05) is 31.0 Å². The van der Waals surface area contributed by atoms with Gasteiger partial charge in [-0.1, -0.05) is 6.07 Å². The van der Waals surface area contributed by atoms with Gasteiger partial charge in [0.05, 0.1) is 31.4 Å². The fourth-order valence-corrected chi connectivity index (χ4v) is 4.52. The Morgan fingerprint density at radius 1 is 1.33 bits per heavy atom. The Hall–Kier alpha value is -2.12. The van der Waals surface area contributed by atoms with E-state index in [1.807, 2.05) is 34.5 Å². The summed E-state index contributed by atoms with van der Waals surface area (Å²) in [5, 5.41) is 2.02. The highest BCUT2D eigenvalue weighted by atomic mass is 32.1. The number of thiophene rings is 1. The van der Waals surface area contributed by atoms with Crippen LogP contribution in [0.2, 0.25) is 0 Å². The fraction of sp³-hybridized carbons (Fsp3) is 0.500. The number of hydrogen-bond acceptors (Lipinski definition) is 5. The summed E-state index contributed by atoms with van der Waals surface area (Å²) in [6.07, 6.45) is 4.01. The smallest absolute Gasteiger partial charge is 0.228 e. The van der Waals surface area contributed by atoms with Gasteiger partial charge in [0.25, 0.3) is 0 Å². The number of ether oxygens (including phenoxy) is 1. The van der Waals surface area contributed by atoms with Crippen LogP contribution in [0.3, 0.4) is 0 Å². The molecule has 4 heterocycles. The first-order chi connectivity index (χ1) is 13.2. The maximum Gasteiger partial charge on any atom is 0.228 e. The number of furan rings is 1. The van der Waals surface area contributed by atoms with Crippen molar-refractivity contribution < 1.29 is 18.7 Å². The minimum atomic E-state index is -0.297. The number of carbonyl (C=O) groups excluding carboxylic acids is 2. The molecule has 2 aromatic heterocycles. The van der Waals surface area contributed by atoms with Gasteiger partial charge in [0.15, 0.2) is 0 Å². The van der Waals surface area contributed by atoms with Crippen LogP contribution in [0, 0.1) is 5.92 Å². The monoisotopic (exact) mass is 388 g/mol. The third kappa shape index (κ3) is 4.42. The highest BCUT2D eigenvalue weighted by Gasteiger charge is 2.37. The third-order valence-electron chi connectivity index (χ3n) is 5.18. The van der Waals surface area contributed by atoms with Gasteiger partial charge in [-0.2, -0.15) is 0 Å². The zero-order valence-corrected chi connectivity index (χ0v) is 16.0. The molecule has 2 saturated heterocycles. The molecule has 144 valence electrons. The lowest BCUT2D eigenvalue weighted by Crippen LogP contribution is -2.41. The summed E-state index contributed by atoms with van der Waals surface area (Å²) in [7, 11) is 0. The molecule has 0 N–H and O–H groups in total. The molecule has 2 aliphatic rings. The molecule has 0 saturated carbocycles. The lowest BCUT2D eigenvalue weighted by Gasteiger charge is -2.27. The van der Waals surface area contributed by atoms with Crippen molar-refractivity contribution in [1.29, 1.82) is 0 Å². The standard InChI is InChI=1S/C20H24N2O4S/c23-19-10-15(11-21(19)12-16-4-1-7-25-16)20(24)22(13-17-5-2-8-26-17)14-18-6-3-9-27-18/h1,3-4,6-7,9,15,17H,2,5,8,10-14H2. The number of likely N-dealkylation sites (tertiary alicyclic amines) is 1. The molecule has 4 rings (SSSR count). The Morgan fingerprint density at radius 3 is 2.96 bits per heavy atom. The minimum absolute atomic E-state index is 0.0120. The summed E-state index contributed by atoms with van der Waals surface area (Å²) < 4.78 is 11.1. The Morgan fingerprint density at radius 2 is 2.26 bits per heavy atom. The molecule has 2 unspecified atom stereocenters. The van der Waals surface area contributed by atoms with Crippen LogP contribution in [0.15, 0.2) is 40.3 Å². The average molecular weight is 388 g/mol. The second-order valence-electron chi connectivity index (χ2n) is 7.19. The van der Waals surface area contributed by atoms with E-state index in [2.05, 4.69) is 0 Å². The minimum Gasteiger partial charge on any atom is -0.467 e. The number of nitrogens with zero attached hydrogens (tertiary/aromatic N) is 2. The molecule has 2 aromatic rings. The van der Waals surface area contributed by atoms with Gasteiger partial charge in [-0.15, -0.1) is 11.3 Å². The second-order valence-corrected chi connectivity index (χ2v) is 8.22. The quantitative estimate of drug-likeness (QED) is 0.732. The second kappa shape index (κ2) is 8.27. The summed E-state index contributed by atoms with van der Waals surface area (Å²) in [5.41, 5.74) is 0. The van der Waals surface area contributed by atoms with Gasteiger partial charge in [-0.05, 0) is 36.4 Å². The normalized spacial score (nSPS) is 22.5. The molecule has 2 amide bonds. The van der Waals surface area contributed by atoms with Gasteiger partial charge in [0.1, 0.15) is 5.76 Å². The van der Waals surface area contributed by atoms with Crippen molar-refractivity contribution in [3.8, 4) is 0 Å². The first-order valence-electron chi connectivity index (χ1n) is 9.42. The van der Waals surface area contributed by atoms with Crippen LogP contribution in [-0.2, 0) is 27.4 Å². The Labute approximate surface area is 162 Å². The van der Waals surface area contributed by atoms with Crippen molar-refractivity contribution in [3.05, 3.63) is 46.5 Å². The number of amides is 2. The Bertz CT molecular complexity index is 753. The summed E-state index contributed by atoms with van der Waals surface area (Å²) in [6.45, 7) is 2.82. The molecule has 7 heteroatoms. The van der Waals surface area contributed by atoms with Crippen LogP contribution in [0.4, 0.5) is 0 Å². The van der Waals surface area contributed by atoms with E-state index in [-0.39, 0.29) is 30.3 Å². The first kappa shape index (κ1) is 18.3. The fourth-order valence-electron chi connectivity index (χ4n) is 3.80. The van der Waals surface area contributed by atoms with Gasteiger partial charge >= 0.3 is 0 Å². The van der Waals surface area contributed by atoms with Gasteiger partial charge in [-0.3, -0.25) is 9.59 Å². The summed E-state index contributed by atoms with van der Waals surface area (Å²) in [6, 6.07) is 7.70. The Balaban J connectivity index is 1.42. The molecule has 0 spiro atoms. The molecule has 2 fully saturated rings. The van der Waals surface area contributed by atoms with E-state index >= 15 is 0 Å². The topological polar surface area (TPSA) is 63.0 Å². The molecule has 0 aliphatic carbocycles. The number of hydrogen-bond donors (Lipinski definition) is 0. The number of rotatable bonds is 7. The zero-order valence-electron chi connectivity index (χ0n) is 15.2. The maximum atomic E-state index is 13.2. The highest BCUT2D eigenvalue weighted by molar-refractivity contribution is 7.09.